The Balaban J connectivity index is 3.49. The van der Waals surface area contributed by atoms with Gasteiger partial charge in [-0.3, -0.25) is 0 Å². The Labute approximate surface area is 134 Å². The van der Waals surface area contributed by atoms with Gasteiger partial charge in [0.05, 0.1) is 18.7 Å². The molecule has 0 N–H and O–H groups in total. The number of alkyl halides is 3. The van der Waals surface area contributed by atoms with Gasteiger partial charge in [0.2, 0.25) is 0 Å². The highest BCUT2D eigenvalue weighted by Crippen LogP contribution is 2.42. The summed E-state index contributed by atoms with van der Waals surface area (Å²) in [5.74, 6) is -3.20. The van der Waals surface area contributed by atoms with Crippen LogP contribution in [-0.2, 0) is 19.6 Å². The predicted molar refractivity (Wildman–Crippen MR) is 70.3 cm³/mol. The number of halogens is 4. The standard InChI is InChI=1S/C9H6BrF3O7S2/c1-18-7(14)5-3(10)4(6(21-5)8(15)19-2)20-22(16,17)9(11,12)13/h1-2H3. The molecule has 0 saturated carbocycles. The molecule has 0 saturated heterocycles. The Hall–Kier alpha value is -1.34. The molecule has 0 spiro atoms. The summed E-state index contributed by atoms with van der Waals surface area (Å²) in [6, 6.07) is 0. The van der Waals surface area contributed by atoms with Crippen molar-refractivity contribution in [2.24, 2.45) is 0 Å². The second-order valence-corrected chi connectivity index (χ2v) is 6.72. The summed E-state index contributed by atoms with van der Waals surface area (Å²) >= 11 is 3.06. The van der Waals surface area contributed by atoms with Gasteiger partial charge < -0.3 is 13.7 Å². The highest BCUT2D eigenvalue weighted by molar-refractivity contribution is 9.10. The van der Waals surface area contributed by atoms with E-state index in [1.54, 1.807) is 0 Å². The van der Waals surface area contributed by atoms with Crippen LogP contribution in [-0.4, -0.2) is 40.1 Å². The maximum absolute atomic E-state index is 12.4. The van der Waals surface area contributed by atoms with Crippen LogP contribution in [0.15, 0.2) is 4.47 Å². The molecule has 0 bridgehead atoms. The molecule has 1 heterocycles. The van der Waals surface area contributed by atoms with Crippen LogP contribution in [0.25, 0.3) is 0 Å². The van der Waals surface area contributed by atoms with E-state index in [0.29, 0.717) is 11.3 Å². The predicted octanol–water partition coefficient (Wildman–Crippen LogP) is 2.31. The summed E-state index contributed by atoms with van der Waals surface area (Å²) in [6.07, 6.45) is 0. The highest BCUT2D eigenvalue weighted by Gasteiger charge is 2.49. The van der Waals surface area contributed by atoms with E-state index in [0.717, 1.165) is 14.2 Å². The molecule has 0 aromatic carbocycles. The van der Waals surface area contributed by atoms with Gasteiger partial charge in [0.1, 0.15) is 4.88 Å². The van der Waals surface area contributed by atoms with Crippen LogP contribution in [0.5, 0.6) is 5.75 Å². The SMILES string of the molecule is COC(=O)c1sc(C(=O)OC)c(OS(=O)(=O)C(F)(F)F)c1Br. The molecule has 0 aliphatic carbocycles. The minimum Gasteiger partial charge on any atom is -0.465 e. The van der Waals surface area contributed by atoms with Gasteiger partial charge in [0.15, 0.2) is 10.6 Å². The maximum atomic E-state index is 12.4. The lowest BCUT2D eigenvalue weighted by molar-refractivity contribution is -0.0500. The molecule has 0 atom stereocenters. The van der Waals surface area contributed by atoms with E-state index in [1.165, 1.54) is 0 Å². The summed E-state index contributed by atoms with van der Waals surface area (Å²) in [7, 11) is -4.14. The second-order valence-electron chi connectivity index (χ2n) is 3.37. The first-order valence-electron chi connectivity index (χ1n) is 4.96. The van der Waals surface area contributed by atoms with Crippen molar-refractivity contribution in [2.75, 3.05) is 14.2 Å². The van der Waals surface area contributed by atoms with Crippen LogP contribution < -0.4 is 4.18 Å². The number of rotatable bonds is 4. The molecule has 1 aromatic rings. The van der Waals surface area contributed by atoms with Gasteiger partial charge in [-0.1, -0.05) is 0 Å². The first kappa shape index (κ1) is 18.7. The second kappa shape index (κ2) is 6.42. The van der Waals surface area contributed by atoms with Crippen molar-refractivity contribution in [3.8, 4) is 5.75 Å². The van der Waals surface area contributed by atoms with E-state index in [9.17, 15) is 31.2 Å². The van der Waals surface area contributed by atoms with Crippen LogP contribution in [0, 0.1) is 0 Å². The van der Waals surface area contributed by atoms with Crippen LogP contribution in [0.4, 0.5) is 13.2 Å². The molecule has 0 radical (unpaired) electrons. The molecule has 0 fully saturated rings. The lowest BCUT2D eigenvalue weighted by Crippen LogP contribution is -2.28. The zero-order chi connectivity index (χ0) is 17.3. The van der Waals surface area contributed by atoms with Crippen LogP contribution in [0.2, 0.25) is 0 Å². The van der Waals surface area contributed by atoms with Gasteiger partial charge >= 0.3 is 27.6 Å². The highest BCUT2D eigenvalue weighted by atomic mass is 79.9. The van der Waals surface area contributed by atoms with E-state index >= 15 is 0 Å². The number of carbonyl (C=O) groups is 2. The first-order valence-corrected chi connectivity index (χ1v) is 7.97. The summed E-state index contributed by atoms with van der Waals surface area (Å²) < 4.78 is 71.3. The topological polar surface area (TPSA) is 96.0 Å². The van der Waals surface area contributed by atoms with E-state index in [4.69, 9.17) is 0 Å². The number of hydrogen-bond acceptors (Lipinski definition) is 8. The van der Waals surface area contributed by atoms with Gasteiger partial charge in [-0.05, 0) is 15.9 Å². The average molecular weight is 427 g/mol. The fourth-order valence-corrected chi connectivity index (χ4v) is 3.49. The van der Waals surface area contributed by atoms with Crippen molar-refractivity contribution in [3.05, 3.63) is 14.2 Å². The minimum atomic E-state index is -6.04. The molecular formula is C9H6BrF3O7S2. The van der Waals surface area contributed by atoms with Crippen molar-refractivity contribution in [1.29, 1.82) is 0 Å². The molecule has 0 aliphatic heterocycles. The first-order chi connectivity index (χ1) is 9.96. The number of esters is 2. The van der Waals surface area contributed by atoms with Crippen molar-refractivity contribution < 1.29 is 44.8 Å². The average Bonchev–Trinajstić information content (AvgIpc) is 2.73. The van der Waals surface area contributed by atoms with Gasteiger partial charge in [-0.2, -0.15) is 21.6 Å². The number of methoxy groups -OCH3 is 2. The van der Waals surface area contributed by atoms with Crippen molar-refractivity contribution in [2.45, 2.75) is 5.51 Å². The fraction of sp³-hybridized carbons (Fsp3) is 0.333. The Morgan fingerprint density at radius 3 is 1.95 bits per heavy atom. The van der Waals surface area contributed by atoms with Gasteiger partial charge in [-0.25, -0.2) is 9.59 Å². The van der Waals surface area contributed by atoms with Gasteiger partial charge in [0, 0.05) is 0 Å². The molecule has 22 heavy (non-hydrogen) atoms. The number of thiophene rings is 1. The third kappa shape index (κ3) is 3.52. The Bertz CT molecular complexity index is 708. The summed E-state index contributed by atoms with van der Waals surface area (Å²) in [5.41, 5.74) is -5.72. The number of carbonyl (C=O) groups excluding carboxylic acids is 2. The number of hydrogen-bond donors (Lipinski definition) is 0. The number of ether oxygens (including phenoxy) is 2. The third-order valence-corrected chi connectivity index (χ3v) is 5.13. The molecule has 7 nitrogen and oxygen atoms in total. The summed E-state index contributed by atoms with van der Waals surface area (Å²) in [5, 5.41) is 0. The Morgan fingerprint density at radius 1 is 1.09 bits per heavy atom. The van der Waals surface area contributed by atoms with E-state index in [-0.39, 0.29) is 4.88 Å². The molecular weight excluding hydrogens is 421 g/mol. The largest absolute Gasteiger partial charge is 0.534 e. The fourth-order valence-electron chi connectivity index (χ4n) is 1.08. The van der Waals surface area contributed by atoms with Crippen LogP contribution >= 0.6 is 27.3 Å². The van der Waals surface area contributed by atoms with Gasteiger partial charge in [-0.15, -0.1) is 11.3 Å². The quantitative estimate of drug-likeness (QED) is 0.414. The lowest BCUT2D eigenvalue weighted by Gasteiger charge is -2.09. The van der Waals surface area contributed by atoms with Gasteiger partial charge in [0.25, 0.3) is 0 Å². The maximum Gasteiger partial charge on any atom is 0.534 e. The van der Waals surface area contributed by atoms with E-state index in [1.807, 2.05) is 0 Å². The van der Waals surface area contributed by atoms with E-state index in [2.05, 4.69) is 29.6 Å². The van der Waals surface area contributed by atoms with Crippen molar-refractivity contribution in [1.82, 2.24) is 0 Å². The smallest absolute Gasteiger partial charge is 0.465 e. The van der Waals surface area contributed by atoms with Crippen LogP contribution in [0.3, 0.4) is 0 Å². The molecule has 0 aliphatic rings. The summed E-state index contributed by atoms with van der Waals surface area (Å²) in [4.78, 5) is 21.9. The monoisotopic (exact) mass is 426 g/mol. The zero-order valence-corrected chi connectivity index (χ0v) is 13.9. The minimum absolute atomic E-state index is 0.350. The molecule has 1 rings (SSSR count). The van der Waals surface area contributed by atoms with Crippen molar-refractivity contribution >= 4 is 49.3 Å². The molecule has 13 heteroatoms. The van der Waals surface area contributed by atoms with Crippen molar-refractivity contribution in [3.63, 3.8) is 0 Å². The Kier molecular flexibility index (Phi) is 5.46. The molecule has 0 unspecified atom stereocenters. The Morgan fingerprint density at radius 2 is 1.55 bits per heavy atom. The normalized spacial score (nSPS) is 11.9. The third-order valence-electron chi connectivity index (χ3n) is 2.03. The van der Waals surface area contributed by atoms with Crippen LogP contribution in [0.1, 0.15) is 19.3 Å². The zero-order valence-electron chi connectivity index (χ0n) is 10.7. The molecule has 1 aromatic heterocycles. The molecule has 124 valence electrons. The lowest BCUT2D eigenvalue weighted by atomic mass is 10.4. The van der Waals surface area contributed by atoms with E-state index < -0.39 is 42.7 Å². The summed E-state index contributed by atoms with van der Waals surface area (Å²) in [6.45, 7) is 0. The molecule has 0 amide bonds.